The van der Waals surface area contributed by atoms with Crippen LogP contribution >= 0.6 is 27.3 Å². The fraction of sp³-hybridized carbons (Fsp3) is 0.545. The Morgan fingerprint density at radius 3 is 2.61 bits per heavy atom. The van der Waals surface area contributed by atoms with Crippen LogP contribution in [0.3, 0.4) is 0 Å². The van der Waals surface area contributed by atoms with Gasteiger partial charge in [0.25, 0.3) is 0 Å². The number of benzene rings is 1. The van der Waals surface area contributed by atoms with Crippen LogP contribution in [0.1, 0.15) is 44.9 Å². The van der Waals surface area contributed by atoms with Crippen LogP contribution in [0.2, 0.25) is 0 Å². The lowest BCUT2D eigenvalue weighted by Gasteiger charge is -2.60. The number of methoxy groups -OCH3 is 1. The van der Waals surface area contributed by atoms with Gasteiger partial charge in [-0.15, -0.1) is 11.3 Å². The molecule has 2 unspecified atom stereocenters. The SMILES string of the molecule is COc1ccc(-c2csc(NC(=O)CC34CC5CC(CC(Br)(C5)C3)C4)n2)cc1. The van der Waals surface area contributed by atoms with Crippen molar-refractivity contribution in [3.8, 4) is 17.0 Å². The molecule has 0 aliphatic heterocycles. The Kier molecular flexibility index (Phi) is 4.55. The van der Waals surface area contributed by atoms with Gasteiger partial charge in [0.1, 0.15) is 5.75 Å². The monoisotopic (exact) mass is 460 g/mol. The lowest BCUT2D eigenvalue weighted by atomic mass is 9.48. The number of ether oxygens (including phenoxy) is 1. The summed E-state index contributed by atoms with van der Waals surface area (Å²) >= 11 is 5.53. The van der Waals surface area contributed by atoms with E-state index in [-0.39, 0.29) is 11.3 Å². The number of halogens is 1. The largest absolute Gasteiger partial charge is 0.497 e. The number of amides is 1. The van der Waals surface area contributed by atoms with Crippen LogP contribution in [0.25, 0.3) is 11.3 Å². The molecular formula is C22H25BrN2O2S. The first-order valence-corrected chi connectivity index (χ1v) is 11.7. The highest BCUT2D eigenvalue weighted by Crippen LogP contribution is 2.65. The van der Waals surface area contributed by atoms with Gasteiger partial charge in [-0.1, -0.05) is 15.9 Å². The lowest BCUT2D eigenvalue weighted by Crippen LogP contribution is -2.53. The molecule has 1 amide bonds. The fourth-order valence-corrected chi connectivity index (χ4v) is 8.52. The molecular weight excluding hydrogens is 436 g/mol. The first-order chi connectivity index (χ1) is 13.4. The van der Waals surface area contributed by atoms with Gasteiger partial charge in [0.15, 0.2) is 5.13 Å². The van der Waals surface area contributed by atoms with Crippen LogP contribution in [0.15, 0.2) is 29.6 Å². The second kappa shape index (κ2) is 6.84. The van der Waals surface area contributed by atoms with Crippen molar-refractivity contribution in [3.05, 3.63) is 29.6 Å². The Balaban J connectivity index is 1.26. The van der Waals surface area contributed by atoms with Crippen molar-refractivity contribution in [3.63, 3.8) is 0 Å². The molecule has 4 aliphatic carbocycles. The second-order valence-electron chi connectivity index (χ2n) is 9.10. The summed E-state index contributed by atoms with van der Waals surface area (Å²) in [6.45, 7) is 0. The molecule has 2 atom stereocenters. The average Bonchev–Trinajstić information content (AvgIpc) is 3.07. The molecule has 2 aromatic rings. The predicted molar refractivity (Wildman–Crippen MR) is 116 cm³/mol. The van der Waals surface area contributed by atoms with E-state index in [9.17, 15) is 4.79 Å². The van der Waals surface area contributed by atoms with Gasteiger partial charge in [0.05, 0.1) is 12.8 Å². The van der Waals surface area contributed by atoms with Gasteiger partial charge in [0, 0.05) is 21.7 Å². The number of nitrogens with zero attached hydrogens (tertiary/aromatic N) is 1. The third-order valence-electron chi connectivity index (χ3n) is 6.78. The average molecular weight is 461 g/mol. The summed E-state index contributed by atoms with van der Waals surface area (Å²) in [5, 5.41) is 5.76. The highest BCUT2D eigenvalue weighted by atomic mass is 79.9. The van der Waals surface area contributed by atoms with Gasteiger partial charge in [-0.05, 0) is 80.0 Å². The highest BCUT2D eigenvalue weighted by molar-refractivity contribution is 9.10. The Bertz CT molecular complexity index is 880. The first-order valence-electron chi connectivity index (χ1n) is 10.0. The summed E-state index contributed by atoms with van der Waals surface area (Å²) < 4.78 is 5.50. The zero-order valence-electron chi connectivity index (χ0n) is 16.0. The van der Waals surface area contributed by atoms with Crippen LogP contribution in [-0.4, -0.2) is 22.3 Å². The van der Waals surface area contributed by atoms with Crippen LogP contribution in [0, 0.1) is 17.3 Å². The third kappa shape index (κ3) is 3.50. The van der Waals surface area contributed by atoms with E-state index in [1.54, 1.807) is 7.11 Å². The highest BCUT2D eigenvalue weighted by Gasteiger charge is 2.57. The standard InChI is InChI=1S/C22H25BrN2O2S/c1-27-17-4-2-16(3-5-17)18-12-28-20(24-18)25-19(26)11-21-7-14-6-15(8-21)10-22(23,9-14)13-21/h2-5,12,14-15H,6-11,13H2,1H3,(H,24,25,26). The number of hydrogen-bond donors (Lipinski definition) is 1. The van der Waals surface area contributed by atoms with Crippen LogP contribution < -0.4 is 10.1 Å². The minimum atomic E-state index is 0.119. The number of nitrogens with one attached hydrogen (secondary N) is 1. The molecule has 1 aromatic carbocycles. The summed E-state index contributed by atoms with van der Waals surface area (Å²) in [6, 6.07) is 7.83. The molecule has 6 heteroatoms. The molecule has 4 bridgehead atoms. The molecule has 1 heterocycles. The first kappa shape index (κ1) is 18.6. The van der Waals surface area contributed by atoms with E-state index in [1.807, 2.05) is 29.6 Å². The van der Waals surface area contributed by atoms with E-state index in [0.717, 1.165) is 35.3 Å². The summed E-state index contributed by atoms with van der Waals surface area (Å²) in [4.78, 5) is 17.5. The van der Waals surface area contributed by atoms with Crippen molar-refractivity contribution in [2.75, 3.05) is 12.4 Å². The number of hydrogen-bond acceptors (Lipinski definition) is 4. The number of rotatable bonds is 5. The second-order valence-corrected chi connectivity index (χ2v) is 11.6. The number of carbonyl (C=O) groups is 1. The normalized spacial score (nSPS) is 33.1. The number of alkyl halides is 1. The van der Waals surface area contributed by atoms with Crippen LogP contribution in [-0.2, 0) is 4.79 Å². The predicted octanol–water partition coefficient (Wildman–Crippen LogP) is 5.88. The molecule has 4 aliphatic rings. The van der Waals surface area contributed by atoms with Gasteiger partial charge in [-0.3, -0.25) is 4.79 Å². The third-order valence-corrected chi connectivity index (χ3v) is 8.47. The van der Waals surface area contributed by atoms with Crippen molar-refractivity contribution in [1.29, 1.82) is 0 Å². The molecule has 28 heavy (non-hydrogen) atoms. The van der Waals surface area contributed by atoms with Gasteiger partial charge >= 0.3 is 0 Å². The molecule has 1 aromatic heterocycles. The molecule has 0 radical (unpaired) electrons. The van der Waals surface area contributed by atoms with Crippen molar-refractivity contribution in [1.82, 2.24) is 4.98 Å². The number of anilines is 1. The summed E-state index contributed by atoms with van der Waals surface area (Å²) in [5.74, 6) is 2.55. The van der Waals surface area contributed by atoms with Gasteiger partial charge in [0.2, 0.25) is 5.91 Å². The summed E-state index contributed by atoms with van der Waals surface area (Å²) in [7, 11) is 1.66. The molecule has 1 N–H and O–H groups in total. The Hall–Kier alpha value is -1.40. The number of carbonyl (C=O) groups excluding carboxylic acids is 1. The fourth-order valence-electron chi connectivity index (χ4n) is 6.27. The maximum Gasteiger partial charge on any atom is 0.226 e. The Labute approximate surface area is 178 Å². The van der Waals surface area contributed by atoms with E-state index in [4.69, 9.17) is 4.74 Å². The maximum absolute atomic E-state index is 12.9. The summed E-state index contributed by atoms with van der Waals surface area (Å²) in [5.41, 5.74) is 2.10. The van der Waals surface area contributed by atoms with Crippen molar-refractivity contribution in [2.24, 2.45) is 17.3 Å². The van der Waals surface area contributed by atoms with Crippen molar-refractivity contribution >= 4 is 38.3 Å². The smallest absolute Gasteiger partial charge is 0.226 e. The van der Waals surface area contributed by atoms with Crippen molar-refractivity contribution < 1.29 is 9.53 Å². The molecule has 148 valence electrons. The van der Waals surface area contributed by atoms with Crippen LogP contribution in [0.4, 0.5) is 5.13 Å². The topological polar surface area (TPSA) is 51.2 Å². The van der Waals surface area contributed by atoms with Crippen LogP contribution in [0.5, 0.6) is 5.75 Å². The Morgan fingerprint density at radius 1 is 1.25 bits per heavy atom. The number of thiazole rings is 1. The minimum Gasteiger partial charge on any atom is -0.497 e. The number of aromatic nitrogens is 1. The van der Waals surface area contributed by atoms with E-state index in [0.29, 0.717) is 15.9 Å². The van der Waals surface area contributed by atoms with Gasteiger partial charge in [-0.25, -0.2) is 4.98 Å². The van der Waals surface area contributed by atoms with Crippen molar-refractivity contribution in [2.45, 2.75) is 49.3 Å². The Morgan fingerprint density at radius 2 is 1.96 bits per heavy atom. The van der Waals surface area contributed by atoms with E-state index in [1.165, 1.54) is 43.4 Å². The zero-order chi connectivity index (χ0) is 19.4. The van der Waals surface area contributed by atoms with Gasteiger partial charge in [-0.2, -0.15) is 0 Å². The van der Waals surface area contributed by atoms with E-state index in [2.05, 4.69) is 26.2 Å². The van der Waals surface area contributed by atoms with E-state index < -0.39 is 0 Å². The summed E-state index contributed by atoms with van der Waals surface area (Å²) in [6.07, 6.45) is 8.18. The van der Waals surface area contributed by atoms with E-state index >= 15 is 0 Å². The molecule has 4 saturated carbocycles. The molecule has 0 spiro atoms. The van der Waals surface area contributed by atoms with Gasteiger partial charge < -0.3 is 10.1 Å². The molecule has 4 fully saturated rings. The molecule has 0 saturated heterocycles. The minimum absolute atomic E-state index is 0.119. The quantitative estimate of drug-likeness (QED) is 0.566. The zero-order valence-corrected chi connectivity index (χ0v) is 18.4. The molecule has 6 rings (SSSR count). The molecule has 4 nitrogen and oxygen atoms in total. The lowest BCUT2D eigenvalue weighted by molar-refractivity contribution is -0.123. The maximum atomic E-state index is 12.9.